The van der Waals surface area contributed by atoms with Crippen molar-refractivity contribution in [3.63, 3.8) is 0 Å². The van der Waals surface area contributed by atoms with Gasteiger partial charge in [-0.3, -0.25) is 14.5 Å². The number of aryl methyl sites for hydroxylation is 2. The van der Waals surface area contributed by atoms with E-state index in [0.29, 0.717) is 17.0 Å². The number of hydrogen-bond donors (Lipinski definition) is 2. The maximum atomic E-state index is 11.3. The number of guanidine groups is 1. The van der Waals surface area contributed by atoms with E-state index in [1.165, 1.54) is 43.9 Å². The van der Waals surface area contributed by atoms with E-state index in [1.54, 1.807) is 0 Å². The normalized spacial score (nSPS) is 11.2. The minimum Gasteiger partial charge on any atom is -0.496 e. The highest BCUT2D eigenvalue weighted by atomic mass is 32.1. The molecule has 0 spiro atoms. The lowest BCUT2D eigenvalue weighted by Gasteiger charge is -2.10. The molecule has 152 valence electrons. The Bertz CT molecular complexity index is 1160. The molecule has 0 bridgehead atoms. The summed E-state index contributed by atoms with van der Waals surface area (Å²) in [6.07, 6.45) is 1.47. The van der Waals surface area contributed by atoms with E-state index < -0.39 is 4.92 Å². The Labute approximate surface area is 169 Å². The summed E-state index contributed by atoms with van der Waals surface area (Å²) in [5.74, 6) is 0.174. The molecule has 0 saturated heterocycles. The number of imidazole rings is 1. The molecule has 1 aromatic carbocycles. The van der Waals surface area contributed by atoms with E-state index in [0.717, 1.165) is 15.5 Å². The van der Waals surface area contributed by atoms with Crippen molar-refractivity contribution >= 4 is 34.2 Å². The van der Waals surface area contributed by atoms with Crippen LogP contribution in [-0.2, 0) is 0 Å². The number of nitro benzene ring substituents is 1. The van der Waals surface area contributed by atoms with E-state index >= 15 is 0 Å². The third-order valence-electron chi connectivity index (χ3n) is 4.28. The summed E-state index contributed by atoms with van der Waals surface area (Å²) in [7, 11) is 2.79. The molecule has 4 N–H and O–H groups in total. The number of benzene rings is 1. The van der Waals surface area contributed by atoms with Crippen LogP contribution in [0, 0.1) is 24.0 Å². The van der Waals surface area contributed by atoms with Crippen molar-refractivity contribution in [2.45, 2.75) is 13.8 Å². The molecule has 0 amide bonds. The standard InChI is InChI=1S/C17H19N7O4S/c1-8-9(2)29-17-21-15(12(23(8)17)7-20-22-16(18)19)10-5-14(28-4)11(24(25)26)6-13(10)27-3/h5-7H,1-4H3,(H4,18,19,22)/b20-7+. The molecule has 0 fully saturated rings. The Morgan fingerprint density at radius 1 is 1.28 bits per heavy atom. The van der Waals surface area contributed by atoms with Crippen LogP contribution in [0.1, 0.15) is 16.3 Å². The molecule has 0 atom stereocenters. The van der Waals surface area contributed by atoms with Crippen LogP contribution in [-0.4, -0.2) is 40.7 Å². The zero-order valence-electron chi connectivity index (χ0n) is 16.2. The van der Waals surface area contributed by atoms with Gasteiger partial charge in [-0.1, -0.05) is 0 Å². The van der Waals surface area contributed by atoms with Crippen molar-refractivity contribution in [3.05, 3.63) is 38.5 Å². The summed E-state index contributed by atoms with van der Waals surface area (Å²) in [5.41, 5.74) is 13.1. The van der Waals surface area contributed by atoms with Crippen LogP contribution in [0.4, 0.5) is 5.69 Å². The van der Waals surface area contributed by atoms with Gasteiger partial charge in [-0.2, -0.15) is 5.10 Å². The summed E-state index contributed by atoms with van der Waals surface area (Å²) >= 11 is 1.50. The van der Waals surface area contributed by atoms with Crippen LogP contribution in [0.2, 0.25) is 0 Å². The topological polar surface area (TPSA) is 156 Å². The fraction of sp³-hybridized carbons (Fsp3) is 0.235. The lowest BCUT2D eigenvalue weighted by molar-refractivity contribution is -0.385. The van der Waals surface area contributed by atoms with E-state index in [2.05, 4.69) is 10.2 Å². The highest BCUT2D eigenvalue weighted by molar-refractivity contribution is 7.17. The monoisotopic (exact) mass is 417 g/mol. The third-order valence-corrected chi connectivity index (χ3v) is 5.34. The number of nitro groups is 1. The number of hydrogen-bond acceptors (Lipinski definition) is 8. The molecule has 12 heteroatoms. The van der Waals surface area contributed by atoms with Gasteiger partial charge in [-0.15, -0.1) is 16.4 Å². The summed E-state index contributed by atoms with van der Waals surface area (Å²) in [6.45, 7) is 3.94. The van der Waals surface area contributed by atoms with Gasteiger partial charge in [0.25, 0.3) is 0 Å². The molecule has 11 nitrogen and oxygen atoms in total. The van der Waals surface area contributed by atoms with E-state index in [1.807, 2.05) is 18.2 Å². The number of methoxy groups -OCH3 is 2. The fourth-order valence-corrected chi connectivity index (χ4v) is 3.83. The average Bonchev–Trinajstić information content (AvgIpc) is 3.16. The van der Waals surface area contributed by atoms with Gasteiger partial charge < -0.3 is 20.9 Å². The van der Waals surface area contributed by atoms with Crippen molar-refractivity contribution < 1.29 is 14.4 Å². The fourth-order valence-electron chi connectivity index (χ4n) is 2.85. The first-order valence-corrected chi connectivity index (χ1v) is 9.11. The van der Waals surface area contributed by atoms with Gasteiger partial charge in [0.05, 0.1) is 37.1 Å². The second-order valence-electron chi connectivity index (χ2n) is 5.96. The van der Waals surface area contributed by atoms with Crippen molar-refractivity contribution in [1.82, 2.24) is 9.38 Å². The predicted octanol–water partition coefficient (Wildman–Crippen LogP) is 2.21. The quantitative estimate of drug-likeness (QED) is 0.269. The minimum atomic E-state index is -0.536. The van der Waals surface area contributed by atoms with Gasteiger partial charge in [-0.05, 0) is 13.8 Å². The molecule has 0 saturated carbocycles. The van der Waals surface area contributed by atoms with Crippen molar-refractivity contribution in [1.29, 1.82) is 0 Å². The number of nitrogens with two attached hydrogens (primary N) is 2. The molecule has 3 rings (SSSR count). The van der Waals surface area contributed by atoms with E-state index in [-0.39, 0.29) is 23.1 Å². The molecule has 0 unspecified atom stereocenters. The average molecular weight is 417 g/mol. The summed E-state index contributed by atoms with van der Waals surface area (Å²) < 4.78 is 12.5. The lowest BCUT2D eigenvalue weighted by Crippen LogP contribution is -2.21. The van der Waals surface area contributed by atoms with Crippen LogP contribution in [0.25, 0.3) is 16.2 Å². The Morgan fingerprint density at radius 3 is 2.55 bits per heavy atom. The van der Waals surface area contributed by atoms with Gasteiger partial charge >= 0.3 is 5.69 Å². The Balaban J connectivity index is 2.33. The van der Waals surface area contributed by atoms with Gasteiger partial charge in [-0.25, -0.2) is 4.98 Å². The Kier molecular flexibility index (Phi) is 5.37. The number of rotatable bonds is 6. The second-order valence-corrected chi connectivity index (χ2v) is 7.14. The number of fused-ring (bicyclic) bond motifs is 1. The third kappa shape index (κ3) is 3.57. The Hall–Kier alpha value is -3.67. The molecule has 3 aromatic rings. The van der Waals surface area contributed by atoms with Gasteiger partial charge in [0.15, 0.2) is 10.7 Å². The molecule has 0 aliphatic carbocycles. The van der Waals surface area contributed by atoms with Crippen LogP contribution in [0.3, 0.4) is 0 Å². The first-order chi connectivity index (χ1) is 13.8. The highest BCUT2D eigenvalue weighted by Gasteiger charge is 2.25. The molecule has 0 radical (unpaired) electrons. The summed E-state index contributed by atoms with van der Waals surface area (Å²) in [5, 5.41) is 18.9. The zero-order chi connectivity index (χ0) is 21.3. The molecular formula is C17H19N7O4S. The van der Waals surface area contributed by atoms with Crippen LogP contribution < -0.4 is 20.9 Å². The van der Waals surface area contributed by atoms with E-state index in [9.17, 15) is 10.1 Å². The van der Waals surface area contributed by atoms with Crippen LogP contribution >= 0.6 is 11.3 Å². The van der Waals surface area contributed by atoms with Crippen LogP contribution in [0.5, 0.6) is 11.5 Å². The predicted molar refractivity (Wildman–Crippen MR) is 111 cm³/mol. The molecule has 0 aliphatic rings. The van der Waals surface area contributed by atoms with Crippen LogP contribution in [0.15, 0.2) is 22.3 Å². The smallest absolute Gasteiger partial charge is 0.314 e. The van der Waals surface area contributed by atoms with Gasteiger partial charge in [0, 0.05) is 22.2 Å². The minimum absolute atomic E-state index is 0.0853. The van der Waals surface area contributed by atoms with Gasteiger partial charge in [0.2, 0.25) is 5.96 Å². The second kappa shape index (κ2) is 7.75. The lowest BCUT2D eigenvalue weighted by atomic mass is 10.1. The molecule has 29 heavy (non-hydrogen) atoms. The number of nitrogens with zero attached hydrogens (tertiary/aromatic N) is 5. The van der Waals surface area contributed by atoms with Crippen molar-refractivity contribution in [2.75, 3.05) is 14.2 Å². The first-order valence-electron chi connectivity index (χ1n) is 8.29. The summed E-state index contributed by atoms with van der Waals surface area (Å²) in [6, 6.07) is 2.82. The highest BCUT2D eigenvalue weighted by Crippen LogP contribution is 2.41. The van der Waals surface area contributed by atoms with Crippen molar-refractivity contribution in [2.24, 2.45) is 21.7 Å². The zero-order valence-corrected chi connectivity index (χ0v) is 17.0. The number of ether oxygens (including phenoxy) is 2. The first kappa shape index (κ1) is 20.1. The summed E-state index contributed by atoms with van der Waals surface area (Å²) in [4.78, 5) is 17.3. The van der Waals surface area contributed by atoms with Crippen molar-refractivity contribution in [3.8, 4) is 22.8 Å². The van der Waals surface area contributed by atoms with E-state index in [4.69, 9.17) is 25.9 Å². The molecule has 0 aliphatic heterocycles. The molecular weight excluding hydrogens is 398 g/mol. The number of thiazole rings is 1. The Morgan fingerprint density at radius 2 is 1.97 bits per heavy atom. The maximum Gasteiger partial charge on any atom is 0.314 e. The molecule has 2 heterocycles. The SMILES string of the molecule is COc1cc([N+](=O)[O-])c(OC)cc1-c1nc2sc(C)c(C)n2c1/C=N/N=C(N)N. The molecule has 2 aromatic heterocycles. The number of aromatic nitrogens is 2. The van der Waals surface area contributed by atoms with Gasteiger partial charge in [0.1, 0.15) is 11.4 Å². The maximum absolute atomic E-state index is 11.3. The largest absolute Gasteiger partial charge is 0.496 e.